The smallest absolute Gasteiger partial charge is 0.276 e. The molecule has 2 aromatic rings. The van der Waals surface area contributed by atoms with Crippen molar-refractivity contribution >= 4 is 23.6 Å². The molecule has 0 saturated carbocycles. The van der Waals surface area contributed by atoms with Crippen molar-refractivity contribution < 1.29 is 14.3 Å². The molecule has 4 rings (SSSR count). The highest BCUT2D eigenvalue weighted by Gasteiger charge is 2.25. The van der Waals surface area contributed by atoms with Gasteiger partial charge in [-0.25, -0.2) is 4.99 Å². The summed E-state index contributed by atoms with van der Waals surface area (Å²) in [5.74, 6) is 1.70. The third-order valence-electron chi connectivity index (χ3n) is 4.02. The minimum atomic E-state index is -0.220. The molecule has 2 aromatic carbocycles. The van der Waals surface area contributed by atoms with Gasteiger partial charge in [0.1, 0.15) is 5.70 Å². The number of guanidine groups is 1. The first kappa shape index (κ1) is 15.3. The second-order valence-electron chi connectivity index (χ2n) is 5.61. The topological polar surface area (TPSA) is 63.2 Å². The van der Waals surface area contributed by atoms with Crippen molar-refractivity contribution in [2.75, 3.05) is 18.2 Å². The third kappa shape index (κ3) is 2.94. The Bertz CT molecular complexity index is 875. The molecule has 6 heteroatoms. The van der Waals surface area contributed by atoms with E-state index in [2.05, 4.69) is 10.3 Å². The summed E-state index contributed by atoms with van der Waals surface area (Å²) in [6.45, 7) is 2.93. The molecule has 0 atom stereocenters. The van der Waals surface area contributed by atoms with E-state index >= 15 is 0 Å². The number of hydrogen-bond donors (Lipinski definition) is 1. The highest BCUT2D eigenvalue weighted by molar-refractivity contribution is 6.18. The average molecular weight is 335 g/mol. The molecule has 25 heavy (non-hydrogen) atoms. The van der Waals surface area contributed by atoms with Gasteiger partial charge in [-0.15, -0.1) is 0 Å². The quantitative estimate of drug-likeness (QED) is 0.876. The molecule has 0 aliphatic carbocycles. The van der Waals surface area contributed by atoms with E-state index in [-0.39, 0.29) is 12.7 Å². The third-order valence-corrected chi connectivity index (χ3v) is 4.02. The molecule has 0 aromatic heterocycles. The number of anilines is 1. The van der Waals surface area contributed by atoms with Gasteiger partial charge in [-0.2, -0.15) is 0 Å². The van der Waals surface area contributed by atoms with E-state index in [1.807, 2.05) is 60.4 Å². The number of ether oxygens (including phenoxy) is 2. The van der Waals surface area contributed by atoms with E-state index in [9.17, 15) is 4.79 Å². The van der Waals surface area contributed by atoms with Crippen LogP contribution >= 0.6 is 0 Å². The van der Waals surface area contributed by atoms with Gasteiger partial charge in [0, 0.05) is 12.2 Å². The summed E-state index contributed by atoms with van der Waals surface area (Å²) in [5.41, 5.74) is 2.18. The first-order valence-electron chi connectivity index (χ1n) is 8.08. The number of benzene rings is 2. The molecule has 2 aliphatic heterocycles. The van der Waals surface area contributed by atoms with Crippen LogP contribution in [0.1, 0.15) is 12.5 Å². The van der Waals surface area contributed by atoms with Crippen LogP contribution in [0.4, 0.5) is 5.69 Å². The van der Waals surface area contributed by atoms with E-state index in [1.54, 1.807) is 6.08 Å². The molecule has 0 bridgehead atoms. The summed E-state index contributed by atoms with van der Waals surface area (Å²) in [6.07, 6.45) is 1.74. The zero-order chi connectivity index (χ0) is 17.2. The average Bonchev–Trinajstić information content (AvgIpc) is 3.23. The molecule has 6 nitrogen and oxygen atoms in total. The second-order valence-corrected chi connectivity index (χ2v) is 5.61. The van der Waals surface area contributed by atoms with Gasteiger partial charge in [0.25, 0.3) is 5.91 Å². The fourth-order valence-corrected chi connectivity index (χ4v) is 2.81. The Morgan fingerprint density at radius 3 is 2.76 bits per heavy atom. The van der Waals surface area contributed by atoms with Gasteiger partial charge < -0.3 is 14.4 Å². The molecular weight excluding hydrogens is 318 g/mol. The SMILES string of the molecule is CCN(C1=NC(=Cc2ccc3c(c2)OCO3)C(=O)N1)c1ccccc1. The van der Waals surface area contributed by atoms with Crippen molar-refractivity contribution in [2.24, 2.45) is 4.99 Å². The molecule has 2 heterocycles. The van der Waals surface area contributed by atoms with Gasteiger partial charge in [0.2, 0.25) is 12.8 Å². The summed E-state index contributed by atoms with van der Waals surface area (Å²) in [6, 6.07) is 15.4. The predicted octanol–water partition coefficient (Wildman–Crippen LogP) is 2.77. The van der Waals surface area contributed by atoms with Crippen LogP contribution in [0.25, 0.3) is 6.08 Å². The number of carbonyl (C=O) groups is 1. The number of para-hydroxylation sites is 1. The number of nitrogens with zero attached hydrogens (tertiary/aromatic N) is 2. The van der Waals surface area contributed by atoms with Crippen LogP contribution in [-0.4, -0.2) is 25.2 Å². The highest BCUT2D eigenvalue weighted by Crippen LogP contribution is 2.33. The lowest BCUT2D eigenvalue weighted by Crippen LogP contribution is -2.40. The maximum atomic E-state index is 12.3. The number of nitrogens with one attached hydrogen (secondary N) is 1. The first-order valence-corrected chi connectivity index (χ1v) is 8.08. The minimum Gasteiger partial charge on any atom is -0.454 e. The molecule has 1 amide bonds. The minimum absolute atomic E-state index is 0.220. The molecule has 0 spiro atoms. The first-order chi connectivity index (χ1) is 12.2. The van der Waals surface area contributed by atoms with Gasteiger partial charge in [-0.05, 0) is 42.8 Å². The molecule has 2 aliphatic rings. The van der Waals surface area contributed by atoms with Gasteiger partial charge in [-0.1, -0.05) is 24.3 Å². The Morgan fingerprint density at radius 2 is 1.96 bits per heavy atom. The molecule has 0 saturated heterocycles. The number of amides is 1. The number of hydrogen-bond acceptors (Lipinski definition) is 5. The van der Waals surface area contributed by atoms with Crippen LogP contribution in [0.5, 0.6) is 11.5 Å². The van der Waals surface area contributed by atoms with Crippen LogP contribution in [-0.2, 0) is 4.79 Å². The summed E-state index contributed by atoms with van der Waals surface area (Å²) in [7, 11) is 0. The maximum Gasteiger partial charge on any atom is 0.276 e. The number of aliphatic imine (C=N–C) groups is 1. The normalized spacial score (nSPS) is 16.8. The van der Waals surface area contributed by atoms with E-state index < -0.39 is 0 Å². The van der Waals surface area contributed by atoms with E-state index in [0.29, 0.717) is 29.7 Å². The van der Waals surface area contributed by atoms with Crippen molar-refractivity contribution in [1.82, 2.24) is 5.32 Å². The number of carbonyl (C=O) groups excluding carboxylic acids is 1. The fraction of sp³-hybridized carbons (Fsp3) is 0.158. The van der Waals surface area contributed by atoms with Gasteiger partial charge in [0.15, 0.2) is 11.5 Å². The summed E-state index contributed by atoms with van der Waals surface area (Å²) in [4.78, 5) is 18.7. The number of fused-ring (bicyclic) bond motifs is 1. The van der Waals surface area contributed by atoms with Crippen LogP contribution in [0.3, 0.4) is 0 Å². The molecule has 1 N–H and O–H groups in total. The second kappa shape index (κ2) is 6.32. The lowest BCUT2D eigenvalue weighted by atomic mass is 10.1. The Kier molecular flexibility index (Phi) is 3.85. The van der Waals surface area contributed by atoms with E-state index in [0.717, 1.165) is 11.3 Å². The summed E-state index contributed by atoms with van der Waals surface area (Å²) in [5, 5.41) is 2.84. The lowest BCUT2D eigenvalue weighted by Gasteiger charge is -2.21. The van der Waals surface area contributed by atoms with Crippen LogP contribution in [0.15, 0.2) is 59.2 Å². The summed E-state index contributed by atoms with van der Waals surface area (Å²) >= 11 is 0. The Balaban J connectivity index is 1.63. The number of rotatable bonds is 3. The van der Waals surface area contributed by atoms with Gasteiger partial charge >= 0.3 is 0 Å². The lowest BCUT2D eigenvalue weighted by molar-refractivity contribution is -0.115. The Morgan fingerprint density at radius 1 is 1.16 bits per heavy atom. The van der Waals surface area contributed by atoms with Crippen molar-refractivity contribution in [3.8, 4) is 11.5 Å². The predicted molar refractivity (Wildman–Crippen MR) is 95.6 cm³/mol. The summed E-state index contributed by atoms with van der Waals surface area (Å²) < 4.78 is 10.7. The van der Waals surface area contributed by atoms with Gasteiger partial charge in [0.05, 0.1) is 0 Å². The molecule has 0 radical (unpaired) electrons. The molecule has 0 unspecified atom stereocenters. The van der Waals surface area contributed by atoms with Crippen molar-refractivity contribution in [3.63, 3.8) is 0 Å². The van der Waals surface area contributed by atoms with Crippen molar-refractivity contribution in [3.05, 3.63) is 59.8 Å². The molecular formula is C19H17N3O3. The largest absolute Gasteiger partial charge is 0.454 e. The zero-order valence-corrected chi connectivity index (χ0v) is 13.7. The Labute approximate surface area is 145 Å². The van der Waals surface area contributed by atoms with Crippen LogP contribution < -0.4 is 19.7 Å². The van der Waals surface area contributed by atoms with Gasteiger partial charge in [-0.3, -0.25) is 10.1 Å². The monoisotopic (exact) mass is 335 g/mol. The standard InChI is InChI=1S/C19H17N3O3/c1-2-22(14-6-4-3-5-7-14)19-20-15(18(23)21-19)10-13-8-9-16-17(11-13)25-12-24-16/h3-11H,2,12H2,1H3,(H,20,21,23). The van der Waals surface area contributed by atoms with E-state index in [4.69, 9.17) is 9.47 Å². The molecule has 126 valence electrons. The van der Waals surface area contributed by atoms with E-state index in [1.165, 1.54) is 0 Å². The van der Waals surface area contributed by atoms with Crippen LogP contribution in [0.2, 0.25) is 0 Å². The Hall–Kier alpha value is -3.28. The zero-order valence-electron chi connectivity index (χ0n) is 13.7. The maximum absolute atomic E-state index is 12.3. The van der Waals surface area contributed by atoms with Crippen molar-refractivity contribution in [1.29, 1.82) is 0 Å². The van der Waals surface area contributed by atoms with Crippen LogP contribution in [0, 0.1) is 0 Å². The van der Waals surface area contributed by atoms with Crippen molar-refractivity contribution in [2.45, 2.75) is 6.92 Å². The molecule has 0 fully saturated rings. The fourth-order valence-electron chi connectivity index (χ4n) is 2.81. The highest BCUT2D eigenvalue weighted by atomic mass is 16.7.